The Bertz CT molecular complexity index is 329. The van der Waals surface area contributed by atoms with Crippen molar-refractivity contribution >= 4 is 11.6 Å². The molecule has 0 aromatic carbocycles. The molecule has 1 rings (SSSR count). The Morgan fingerprint density at radius 3 is 2.62 bits per heavy atom. The van der Waals surface area contributed by atoms with Crippen LogP contribution in [0.5, 0.6) is 0 Å². The molecule has 0 saturated heterocycles. The number of hydrogen-bond donors (Lipinski definition) is 3. The van der Waals surface area contributed by atoms with E-state index in [4.69, 9.17) is 10.6 Å². The molecule has 0 aliphatic carbocycles. The van der Waals surface area contributed by atoms with E-state index >= 15 is 0 Å². The van der Waals surface area contributed by atoms with Crippen molar-refractivity contribution in [2.75, 3.05) is 24.4 Å². The first-order valence-corrected chi connectivity index (χ1v) is 5.23. The number of nitrogens with zero attached hydrogens (tertiary/aromatic N) is 2. The fraction of sp³-hybridized carbons (Fsp3) is 0.600. The Morgan fingerprint density at radius 1 is 1.38 bits per heavy atom. The first-order chi connectivity index (χ1) is 7.65. The maximum Gasteiger partial charge on any atom is 0.158 e. The van der Waals surface area contributed by atoms with Crippen molar-refractivity contribution < 1.29 is 4.74 Å². The van der Waals surface area contributed by atoms with Gasteiger partial charge in [0.1, 0.15) is 18.2 Å². The van der Waals surface area contributed by atoms with Gasteiger partial charge in [-0.05, 0) is 5.92 Å². The highest BCUT2D eigenvalue weighted by molar-refractivity contribution is 5.46. The zero-order valence-corrected chi connectivity index (χ0v) is 9.95. The zero-order valence-electron chi connectivity index (χ0n) is 9.95. The quantitative estimate of drug-likeness (QED) is 0.494. The van der Waals surface area contributed by atoms with Crippen molar-refractivity contribution in [1.29, 1.82) is 0 Å². The highest BCUT2D eigenvalue weighted by atomic mass is 16.5. The molecule has 16 heavy (non-hydrogen) atoms. The van der Waals surface area contributed by atoms with Gasteiger partial charge >= 0.3 is 0 Å². The summed E-state index contributed by atoms with van der Waals surface area (Å²) in [4.78, 5) is 8.46. The lowest BCUT2D eigenvalue weighted by Gasteiger charge is -2.10. The number of hydrogen-bond acceptors (Lipinski definition) is 6. The molecule has 1 aromatic heterocycles. The molecule has 1 heterocycles. The van der Waals surface area contributed by atoms with Gasteiger partial charge in [-0.1, -0.05) is 13.8 Å². The second-order valence-corrected chi connectivity index (χ2v) is 3.91. The van der Waals surface area contributed by atoms with E-state index in [9.17, 15) is 0 Å². The Balaban J connectivity index is 2.77. The van der Waals surface area contributed by atoms with Gasteiger partial charge in [0.25, 0.3) is 0 Å². The monoisotopic (exact) mass is 225 g/mol. The lowest BCUT2D eigenvalue weighted by molar-refractivity contribution is 0.178. The summed E-state index contributed by atoms with van der Waals surface area (Å²) in [7, 11) is 1.60. The third-order valence-corrected chi connectivity index (χ3v) is 1.89. The van der Waals surface area contributed by atoms with Crippen LogP contribution in [0.2, 0.25) is 0 Å². The van der Waals surface area contributed by atoms with E-state index in [1.807, 2.05) is 0 Å². The minimum Gasteiger partial charge on any atom is -0.377 e. The second kappa shape index (κ2) is 6.24. The maximum absolute atomic E-state index is 5.33. The van der Waals surface area contributed by atoms with Crippen molar-refractivity contribution in [2.45, 2.75) is 20.5 Å². The van der Waals surface area contributed by atoms with Crippen LogP contribution >= 0.6 is 0 Å². The number of ether oxygens (including phenoxy) is 1. The first kappa shape index (κ1) is 12.7. The van der Waals surface area contributed by atoms with Crippen molar-refractivity contribution in [3.63, 3.8) is 0 Å². The van der Waals surface area contributed by atoms with Crippen LogP contribution in [0, 0.1) is 5.92 Å². The van der Waals surface area contributed by atoms with Gasteiger partial charge in [-0.3, -0.25) is 0 Å². The van der Waals surface area contributed by atoms with Crippen LogP contribution in [0.15, 0.2) is 6.07 Å². The first-order valence-electron chi connectivity index (χ1n) is 5.23. The molecule has 0 fully saturated rings. The van der Waals surface area contributed by atoms with E-state index in [0.717, 1.165) is 12.4 Å². The van der Waals surface area contributed by atoms with E-state index in [-0.39, 0.29) is 0 Å². The number of hydrazine groups is 1. The van der Waals surface area contributed by atoms with E-state index in [1.165, 1.54) is 0 Å². The van der Waals surface area contributed by atoms with Crippen LogP contribution in [-0.4, -0.2) is 23.6 Å². The van der Waals surface area contributed by atoms with Gasteiger partial charge in [-0.2, -0.15) is 0 Å². The Kier molecular flexibility index (Phi) is 4.94. The summed E-state index contributed by atoms with van der Waals surface area (Å²) in [6.45, 7) is 5.48. The summed E-state index contributed by atoms with van der Waals surface area (Å²) < 4.78 is 4.99. The zero-order chi connectivity index (χ0) is 12.0. The molecular weight excluding hydrogens is 206 g/mol. The van der Waals surface area contributed by atoms with Crippen LogP contribution in [0.25, 0.3) is 0 Å². The fourth-order valence-electron chi connectivity index (χ4n) is 1.16. The Morgan fingerprint density at radius 2 is 2.06 bits per heavy atom. The van der Waals surface area contributed by atoms with Gasteiger partial charge in [-0.15, -0.1) is 0 Å². The molecule has 6 heteroatoms. The fourth-order valence-corrected chi connectivity index (χ4v) is 1.16. The topological polar surface area (TPSA) is 85.1 Å². The average molecular weight is 225 g/mol. The second-order valence-electron chi connectivity index (χ2n) is 3.91. The smallest absolute Gasteiger partial charge is 0.158 e. The van der Waals surface area contributed by atoms with Crippen LogP contribution in [0.1, 0.15) is 19.7 Å². The summed E-state index contributed by atoms with van der Waals surface area (Å²) in [6, 6.07) is 1.77. The number of rotatable bonds is 6. The molecule has 0 unspecified atom stereocenters. The van der Waals surface area contributed by atoms with Crippen LogP contribution < -0.4 is 16.6 Å². The minimum absolute atomic E-state index is 0.367. The number of methoxy groups -OCH3 is 1. The Labute approximate surface area is 95.6 Å². The highest BCUT2D eigenvalue weighted by Crippen LogP contribution is 2.11. The predicted octanol–water partition coefficient (Wildman–Crippen LogP) is 0.976. The molecule has 0 bridgehead atoms. The summed E-state index contributed by atoms with van der Waals surface area (Å²) >= 11 is 0. The van der Waals surface area contributed by atoms with Crippen molar-refractivity contribution in [2.24, 2.45) is 11.8 Å². The van der Waals surface area contributed by atoms with Gasteiger partial charge in [0.05, 0.1) is 0 Å². The number of nitrogens with two attached hydrogens (primary N) is 1. The molecule has 6 nitrogen and oxygen atoms in total. The minimum atomic E-state index is 0.367. The molecular formula is C10H19N5O. The van der Waals surface area contributed by atoms with Crippen molar-refractivity contribution in [3.05, 3.63) is 11.9 Å². The van der Waals surface area contributed by atoms with Gasteiger partial charge in [-0.25, -0.2) is 15.8 Å². The normalized spacial score (nSPS) is 10.6. The van der Waals surface area contributed by atoms with Gasteiger partial charge in [0.15, 0.2) is 5.82 Å². The third-order valence-electron chi connectivity index (χ3n) is 1.89. The summed E-state index contributed by atoms with van der Waals surface area (Å²) in [6.07, 6.45) is 0. The SMILES string of the molecule is COCc1nc(NN)cc(NCC(C)C)n1. The maximum atomic E-state index is 5.33. The van der Waals surface area contributed by atoms with Gasteiger partial charge in [0.2, 0.25) is 0 Å². The number of nitrogen functional groups attached to an aromatic ring is 1. The van der Waals surface area contributed by atoms with E-state index in [0.29, 0.717) is 24.2 Å². The number of anilines is 2. The molecule has 0 saturated carbocycles. The van der Waals surface area contributed by atoms with Crippen LogP contribution in [-0.2, 0) is 11.3 Å². The molecule has 0 aliphatic heterocycles. The molecule has 0 aliphatic rings. The van der Waals surface area contributed by atoms with Gasteiger partial charge < -0.3 is 15.5 Å². The molecule has 0 amide bonds. The van der Waals surface area contributed by atoms with Crippen LogP contribution in [0.3, 0.4) is 0 Å². The van der Waals surface area contributed by atoms with Crippen molar-refractivity contribution in [3.8, 4) is 0 Å². The number of aromatic nitrogens is 2. The average Bonchev–Trinajstić information content (AvgIpc) is 2.26. The molecule has 4 N–H and O–H groups in total. The van der Waals surface area contributed by atoms with Gasteiger partial charge in [0, 0.05) is 19.7 Å². The standard InChI is InChI=1S/C10H19N5O/c1-7(2)5-12-8-4-9(15-11)14-10(13-8)6-16-3/h4,7H,5-6,11H2,1-3H3,(H2,12,13,14,15). The lowest BCUT2D eigenvalue weighted by atomic mass is 10.2. The van der Waals surface area contributed by atoms with Crippen molar-refractivity contribution in [1.82, 2.24) is 9.97 Å². The predicted molar refractivity (Wildman–Crippen MR) is 63.9 cm³/mol. The molecule has 0 atom stereocenters. The molecule has 0 spiro atoms. The summed E-state index contributed by atoms with van der Waals surface area (Å²) in [5.41, 5.74) is 2.51. The van der Waals surface area contributed by atoms with Crippen LogP contribution in [0.4, 0.5) is 11.6 Å². The Hall–Kier alpha value is -1.40. The molecule has 90 valence electrons. The number of nitrogens with one attached hydrogen (secondary N) is 2. The molecule has 1 aromatic rings. The van der Waals surface area contributed by atoms with E-state index in [1.54, 1.807) is 13.2 Å². The van der Waals surface area contributed by atoms with E-state index in [2.05, 4.69) is 34.6 Å². The third kappa shape index (κ3) is 4.00. The summed E-state index contributed by atoms with van der Waals surface area (Å²) in [5, 5.41) is 3.22. The highest BCUT2D eigenvalue weighted by Gasteiger charge is 2.04. The molecule has 0 radical (unpaired) electrons. The van der Waals surface area contributed by atoms with E-state index < -0.39 is 0 Å². The lowest BCUT2D eigenvalue weighted by Crippen LogP contribution is -2.14. The summed E-state index contributed by atoms with van der Waals surface area (Å²) in [5.74, 6) is 7.81. The largest absolute Gasteiger partial charge is 0.377 e.